The van der Waals surface area contributed by atoms with Crippen LogP contribution in [0.1, 0.15) is 21.5 Å². The van der Waals surface area contributed by atoms with Crippen LogP contribution >= 0.6 is 34.7 Å². The average molecular weight is 423 g/mol. The Morgan fingerprint density at radius 2 is 2.15 bits per heavy atom. The highest BCUT2D eigenvalue weighted by atomic mass is 35.5. The van der Waals surface area contributed by atoms with Crippen molar-refractivity contribution < 1.29 is 13.2 Å². The van der Waals surface area contributed by atoms with E-state index in [1.165, 1.54) is 0 Å². The zero-order valence-electron chi connectivity index (χ0n) is 14.1. The van der Waals surface area contributed by atoms with E-state index in [4.69, 9.17) is 11.6 Å². The highest BCUT2D eigenvalue weighted by Gasteiger charge is 2.33. The van der Waals surface area contributed by atoms with E-state index in [1.54, 1.807) is 18.8 Å². The molecule has 0 amide bonds. The molecule has 0 spiro atoms. The Morgan fingerprint density at radius 1 is 1.38 bits per heavy atom. The Bertz CT molecular complexity index is 749. The minimum absolute atomic E-state index is 0.156. The molecule has 0 aliphatic rings. The molecule has 0 fully saturated rings. The van der Waals surface area contributed by atoms with E-state index in [9.17, 15) is 13.2 Å². The lowest BCUT2D eigenvalue weighted by molar-refractivity contribution is -0.140. The van der Waals surface area contributed by atoms with Crippen molar-refractivity contribution in [1.29, 1.82) is 0 Å². The summed E-state index contributed by atoms with van der Waals surface area (Å²) >= 11 is 8.66. The van der Waals surface area contributed by atoms with Gasteiger partial charge in [-0.05, 0) is 24.0 Å². The number of aliphatic imine (C=N–C) groups is 1. The number of benzene rings is 1. The Labute approximate surface area is 163 Å². The van der Waals surface area contributed by atoms with Crippen LogP contribution in [0.4, 0.5) is 13.2 Å². The molecule has 0 saturated carbocycles. The lowest BCUT2D eigenvalue weighted by Gasteiger charge is -2.18. The summed E-state index contributed by atoms with van der Waals surface area (Å²) in [5, 5.41) is 8.34. The van der Waals surface area contributed by atoms with Crippen molar-refractivity contribution in [2.45, 2.75) is 18.0 Å². The topological polar surface area (TPSA) is 49.3 Å². The summed E-state index contributed by atoms with van der Waals surface area (Å²) < 4.78 is 37.7. The van der Waals surface area contributed by atoms with Gasteiger partial charge in [-0.25, -0.2) is 4.98 Å². The van der Waals surface area contributed by atoms with E-state index >= 15 is 0 Å². The molecular formula is C16H18ClF3N4S2. The summed E-state index contributed by atoms with van der Waals surface area (Å²) in [6.45, 7) is 0.758. The summed E-state index contributed by atoms with van der Waals surface area (Å²) in [4.78, 5) is 7.68. The van der Waals surface area contributed by atoms with E-state index in [2.05, 4.69) is 20.6 Å². The zero-order chi connectivity index (χ0) is 19.2. The maximum atomic E-state index is 12.6. The maximum absolute atomic E-state index is 12.6. The molecule has 2 aromatic rings. The molecule has 1 heterocycles. The lowest BCUT2D eigenvalue weighted by Crippen LogP contribution is -2.38. The van der Waals surface area contributed by atoms with Crippen LogP contribution in [0.15, 0.2) is 34.6 Å². The van der Waals surface area contributed by atoms with E-state index in [0.29, 0.717) is 22.5 Å². The fourth-order valence-corrected chi connectivity index (χ4v) is 3.74. The van der Waals surface area contributed by atoms with Gasteiger partial charge in [0.25, 0.3) is 0 Å². The fraction of sp³-hybridized carbons (Fsp3) is 0.375. The van der Waals surface area contributed by atoms with Crippen molar-refractivity contribution in [3.63, 3.8) is 0 Å². The maximum Gasteiger partial charge on any atom is 0.434 e. The van der Waals surface area contributed by atoms with E-state index in [0.717, 1.165) is 22.3 Å². The second kappa shape index (κ2) is 9.48. The third-order valence-electron chi connectivity index (χ3n) is 3.43. The molecule has 0 aliphatic heterocycles. The number of alkyl halides is 3. The number of rotatable bonds is 6. The van der Waals surface area contributed by atoms with Crippen LogP contribution in [0, 0.1) is 0 Å². The van der Waals surface area contributed by atoms with Gasteiger partial charge in [0.1, 0.15) is 5.01 Å². The van der Waals surface area contributed by atoms with Gasteiger partial charge in [-0.2, -0.15) is 24.9 Å². The second-order valence-electron chi connectivity index (χ2n) is 5.21. The van der Waals surface area contributed by atoms with Crippen molar-refractivity contribution in [2.24, 2.45) is 4.99 Å². The summed E-state index contributed by atoms with van der Waals surface area (Å²) in [6.07, 6.45) is -2.42. The smallest absolute Gasteiger partial charge is 0.355 e. The summed E-state index contributed by atoms with van der Waals surface area (Å²) in [5.74, 6) is 0.495. The molecule has 0 aliphatic carbocycles. The van der Waals surface area contributed by atoms with Gasteiger partial charge in [-0.15, -0.1) is 11.3 Å². The van der Waals surface area contributed by atoms with Gasteiger partial charge in [-0.1, -0.05) is 23.7 Å². The molecule has 0 radical (unpaired) electrons. The van der Waals surface area contributed by atoms with Gasteiger partial charge in [0.05, 0.1) is 6.54 Å². The molecule has 142 valence electrons. The van der Waals surface area contributed by atoms with Crippen LogP contribution in [0.25, 0.3) is 0 Å². The molecule has 2 N–H and O–H groups in total. The van der Waals surface area contributed by atoms with Crippen molar-refractivity contribution in [3.8, 4) is 0 Å². The van der Waals surface area contributed by atoms with Crippen molar-refractivity contribution in [3.05, 3.63) is 50.9 Å². The number of thioether (sulfide) groups is 1. The number of nitrogens with one attached hydrogen (secondary N) is 2. The van der Waals surface area contributed by atoms with E-state index in [-0.39, 0.29) is 11.8 Å². The van der Waals surface area contributed by atoms with E-state index < -0.39 is 11.9 Å². The molecule has 0 saturated heterocycles. The van der Waals surface area contributed by atoms with Gasteiger partial charge in [0.2, 0.25) is 0 Å². The van der Waals surface area contributed by atoms with Crippen LogP contribution in [-0.4, -0.2) is 30.8 Å². The highest BCUT2D eigenvalue weighted by molar-refractivity contribution is 7.98. The average Bonchev–Trinajstić information content (AvgIpc) is 3.07. The normalized spacial score (nSPS) is 13.5. The Balaban J connectivity index is 1.90. The summed E-state index contributed by atoms with van der Waals surface area (Å²) in [7, 11) is 1.60. The molecule has 1 unspecified atom stereocenters. The van der Waals surface area contributed by atoms with Gasteiger partial charge < -0.3 is 10.6 Å². The third kappa shape index (κ3) is 6.07. The first-order valence-electron chi connectivity index (χ1n) is 7.58. The molecule has 10 heteroatoms. The van der Waals surface area contributed by atoms with Gasteiger partial charge >= 0.3 is 6.18 Å². The molecule has 1 atom stereocenters. The summed E-state index contributed by atoms with van der Waals surface area (Å²) in [5.41, 5.74) is 0.216. The van der Waals surface area contributed by atoms with E-state index in [1.807, 2.05) is 30.5 Å². The molecule has 4 nitrogen and oxygen atoms in total. The largest absolute Gasteiger partial charge is 0.434 e. The predicted octanol–water partition coefficient (Wildman–Crippen LogP) is 4.58. The van der Waals surface area contributed by atoms with Gasteiger partial charge in [0, 0.05) is 29.2 Å². The first-order chi connectivity index (χ1) is 12.3. The molecule has 1 aromatic heterocycles. The zero-order valence-corrected chi connectivity index (χ0v) is 16.5. The molecular weight excluding hydrogens is 405 g/mol. The fourth-order valence-electron chi connectivity index (χ4n) is 2.14. The third-order valence-corrected chi connectivity index (χ3v) is 5.52. The van der Waals surface area contributed by atoms with Gasteiger partial charge in [0.15, 0.2) is 11.7 Å². The highest BCUT2D eigenvalue weighted by Crippen LogP contribution is 2.30. The van der Waals surface area contributed by atoms with Crippen LogP contribution < -0.4 is 10.6 Å². The monoisotopic (exact) mass is 422 g/mol. The number of aromatic nitrogens is 1. The predicted molar refractivity (Wildman–Crippen MR) is 103 cm³/mol. The molecule has 26 heavy (non-hydrogen) atoms. The first kappa shape index (κ1) is 20.9. The Kier molecular flexibility index (Phi) is 7.60. The minimum Gasteiger partial charge on any atom is -0.355 e. The van der Waals surface area contributed by atoms with Crippen LogP contribution in [0.3, 0.4) is 0 Å². The second-order valence-corrected chi connectivity index (χ2v) is 7.63. The molecule has 1 aromatic carbocycles. The first-order valence-corrected chi connectivity index (χ1v) is 10.1. The summed E-state index contributed by atoms with van der Waals surface area (Å²) in [6, 6.07) is 7.63. The molecule has 2 rings (SSSR count). The van der Waals surface area contributed by atoms with Crippen LogP contribution in [0.2, 0.25) is 5.02 Å². The van der Waals surface area contributed by atoms with Crippen LogP contribution in [0.5, 0.6) is 0 Å². The number of halogens is 4. The standard InChI is InChI=1S/C16H18ClF3N4S2/c1-21-15(23-8-14-24-13(9-26-14)16(18,19)20)22-7-12(25-2)10-4-3-5-11(17)6-10/h3-6,9,12H,7-8H2,1-2H3,(H2,21,22,23). The Hall–Kier alpha value is -1.45. The molecule has 0 bridgehead atoms. The van der Waals surface area contributed by atoms with Crippen molar-refractivity contribution >= 4 is 40.7 Å². The quantitative estimate of drug-likeness (QED) is 0.528. The number of thiazole rings is 1. The van der Waals surface area contributed by atoms with Gasteiger partial charge in [-0.3, -0.25) is 4.99 Å². The number of nitrogens with zero attached hydrogens (tertiary/aromatic N) is 2. The van der Waals surface area contributed by atoms with Crippen molar-refractivity contribution in [2.75, 3.05) is 19.8 Å². The minimum atomic E-state index is -4.42. The lowest BCUT2D eigenvalue weighted by atomic mass is 10.1. The SMILES string of the molecule is CN=C(NCc1nc(C(F)(F)F)cs1)NCC(SC)c1cccc(Cl)c1. The number of hydrogen-bond donors (Lipinski definition) is 2. The Morgan fingerprint density at radius 3 is 2.73 bits per heavy atom. The van der Waals surface area contributed by atoms with Crippen LogP contribution in [-0.2, 0) is 12.7 Å². The number of guanidine groups is 1. The van der Waals surface area contributed by atoms with Crippen molar-refractivity contribution in [1.82, 2.24) is 15.6 Å². The number of hydrogen-bond acceptors (Lipinski definition) is 4.